The first-order valence-corrected chi connectivity index (χ1v) is 5.39. The molecule has 0 atom stereocenters. The quantitative estimate of drug-likeness (QED) is 0.715. The molecule has 0 saturated heterocycles. The van der Waals surface area contributed by atoms with Crippen LogP contribution in [0.15, 0.2) is 39.8 Å². The van der Waals surface area contributed by atoms with Crippen molar-refractivity contribution in [2.24, 2.45) is 0 Å². The third-order valence-corrected chi connectivity index (χ3v) is 2.81. The van der Waals surface area contributed by atoms with Gasteiger partial charge in [-0.15, -0.1) is 0 Å². The molecule has 3 aromatic rings. The maximum absolute atomic E-state index is 13.5. The summed E-state index contributed by atoms with van der Waals surface area (Å²) in [6, 6.07) is 6.35. The van der Waals surface area contributed by atoms with E-state index < -0.39 is 5.82 Å². The molecule has 90 valence electrons. The summed E-state index contributed by atoms with van der Waals surface area (Å²) in [4.78, 5) is 18.0. The molecule has 4 nitrogen and oxygen atoms in total. The van der Waals surface area contributed by atoms with E-state index in [9.17, 15) is 9.18 Å². The molecule has 0 aliphatic heterocycles. The van der Waals surface area contributed by atoms with Gasteiger partial charge in [-0.3, -0.25) is 4.79 Å². The summed E-state index contributed by atoms with van der Waals surface area (Å²) < 4.78 is 18.9. The Morgan fingerprint density at radius 1 is 1.39 bits per heavy atom. The highest BCUT2D eigenvalue weighted by atomic mass is 19.1. The van der Waals surface area contributed by atoms with E-state index in [1.54, 1.807) is 25.1 Å². The lowest BCUT2D eigenvalue weighted by Gasteiger charge is -1.98. The van der Waals surface area contributed by atoms with Crippen molar-refractivity contribution in [3.63, 3.8) is 0 Å². The van der Waals surface area contributed by atoms with Crippen molar-refractivity contribution in [2.75, 3.05) is 0 Å². The van der Waals surface area contributed by atoms with E-state index in [1.807, 2.05) is 0 Å². The first-order chi connectivity index (χ1) is 8.66. The minimum absolute atomic E-state index is 0.175. The number of hydrogen-bond donors (Lipinski definition) is 1. The van der Waals surface area contributed by atoms with Gasteiger partial charge in [0, 0.05) is 10.9 Å². The number of aromatic amines is 1. The Labute approximate surface area is 101 Å². The van der Waals surface area contributed by atoms with Crippen LogP contribution in [0.3, 0.4) is 0 Å². The SMILES string of the molecule is Cc1c(-c2cc3cccc(F)c3o2)nc[nH]c1=O. The molecule has 1 aromatic carbocycles. The smallest absolute Gasteiger partial charge is 0.254 e. The van der Waals surface area contributed by atoms with Crippen LogP contribution in [-0.2, 0) is 0 Å². The Morgan fingerprint density at radius 3 is 3.00 bits per heavy atom. The molecule has 0 spiro atoms. The minimum atomic E-state index is -0.429. The zero-order valence-electron chi connectivity index (χ0n) is 9.53. The summed E-state index contributed by atoms with van der Waals surface area (Å²) in [7, 11) is 0. The molecule has 18 heavy (non-hydrogen) atoms. The second-order valence-corrected chi connectivity index (χ2v) is 3.97. The monoisotopic (exact) mass is 244 g/mol. The predicted octanol–water partition coefficient (Wildman–Crippen LogP) is 2.63. The fraction of sp³-hybridized carbons (Fsp3) is 0.0769. The van der Waals surface area contributed by atoms with Gasteiger partial charge in [0.05, 0.1) is 6.33 Å². The molecule has 0 radical (unpaired) electrons. The second kappa shape index (κ2) is 3.80. The van der Waals surface area contributed by atoms with Crippen LogP contribution in [0, 0.1) is 12.7 Å². The Morgan fingerprint density at radius 2 is 2.22 bits per heavy atom. The third-order valence-electron chi connectivity index (χ3n) is 2.81. The number of nitrogens with zero attached hydrogens (tertiary/aromatic N) is 1. The summed E-state index contributed by atoms with van der Waals surface area (Å²) >= 11 is 0. The summed E-state index contributed by atoms with van der Waals surface area (Å²) in [6.45, 7) is 1.64. The number of nitrogens with one attached hydrogen (secondary N) is 1. The third kappa shape index (κ3) is 1.52. The van der Waals surface area contributed by atoms with Crippen molar-refractivity contribution in [2.45, 2.75) is 6.92 Å². The standard InChI is InChI=1S/C13H9FN2O2/c1-7-11(15-6-16-13(7)17)10-5-8-3-2-4-9(14)12(8)18-10/h2-6H,1H3,(H,15,16,17). The second-order valence-electron chi connectivity index (χ2n) is 3.97. The largest absolute Gasteiger partial charge is 0.451 e. The normalized spacial score (nSPS) is 11.0. The van der Waals surface area contributed by atoms with E-state index >= 15 is 0 Å². The van der Waals surface area contributed by atoms with E-state index in [-0.39, 0.29) is 11.1 Å². The minimum Gasteiger partial charge on any atom is -0.451 e. The number of hydrogen-bond acceptors (Lipinski definition) is 3. The molecule has 0 saturated carbocycles. The zero-order chi connectivity index (χ0) is 12.7. The zero-order valence-corrected chi connectivity index (χ0v) is 9.53. The van der Waals surface area contributed by atoms with Crippen molar-refractivity contribution >= 4 is 11.0 Å². The maximum atomic E-state index is 13.5. The van der Waals surface area contributed by atoms with Gasteiger partial charge in [-0.1, -0.05) is 12.1 Å². The van der Waals surface area contributed by atoms with Crippen LogP contribution in [0.4, 0.5) is 4.39 Å². The predicted molar refractivity (Wildman–Crippen MR) is 64.8 cm³/mol. The van der Waals surface area contributed by atoms with E-state index in [4.69, 9.17) is 4.42 Å². The van der Waals surface area contributed by atoms with Crippen molar-refractivity contribution < 1.29 is 8.81 Å². The number of para-hydroxylation sites is 1. The first kappa shape index (κ1) is 10.7. The lowest BCUT2D eigenvalue weighted by molar-refractivity contribution is 0.567. The Hall–Kier alpha value is -2.43. The van der Waals surface area contributed by atoms with Crippen LogP contribution in [0.2, 0.25) is 0 Å². The number of benzene rings is 1. The number of halogens is 1. The Balaban J connectivity index is 2.29. The van der Waals surface area contributed by atoms with Crippen LogP contribution in [-0.4, -0.2) is 9.97 Å². The van der Waals surface area contributed by atoms with E-state index in [0.29, 0.717) is 22.4 Å². The number of rotatable bonds is 1. The molecule has 0 bridgehead atoms. The number of aromatic nitrogens is 2. The van der Waals surface area contributed by atoms with Gasteiger partial charge >= 0.3 is 0 Å². The average Bonchev–Trinajstić information content (AvgIpc) is 2.78. The fourth-order valence-electron chi connectivity index (χ4n) is 1.86. The van der Waals surface area contributed by atoms with Crippen LogP contribution in [0.1, 0.15) is 5.56 Å². The Kier molecular flexibility index (Phi) is 2.26. The molecule has 0 amide bonds. The lowest BCUT2D eigenvalue weighted by atomic mass is 10.2. The highest BCUT2D eigenvalue weighted by Gasteiger charge is 2.13. The highest BCUT2D eigenvalue weighted by Crippen LogP contribution is 2.28. The van der Waals surface area contributed by atoms with Crippen LogP contribution in [0.25, 0.3) is 22.4 Å². The van der Waals surface area contributed by atoms with Gasteiger partial charge in [-0.25, -0.2) is 9.37 Å². The van der Waals surface area contributed by atoms with Crippen LogP contribution in [0.5, 0.6) is 0 Å². The molecule has 3 rings (SSSR count). The van der Waals surface area contributed by atoms with Gasteiger partial charge < -0.3 is 9.40 Å². The topological polar surface area (TPSA) is 58.9 Å². The number of furan rings is 1. The molecule has 0 aliphatic rings. The lowest BCUT2D eigenvalue weighted by Crippen LogP contribution is -2.10. The van der Waals surface area contributed by atoms with Crippen molar-refractivity contribution in [1.82, 2.24) is 9.97 Å². The molecule has 5 heteroatoms. The molecule has 0 unspecified atom stereocenters. The van der Waals surface area contributed by atoms with Gasteiger partial charge in [-0.05, 0) is 19.1 Å². The highest BCUT2D eigenvalue weighted by molar-refractivity contribution is 5.82. The Bertz CT molecular complexity index is 789. The molecular weight excluding hydrogens is 235 g/mol. The van der Waals surface area contributed by atoms with Crippen molar-refractivity contribution in [1.29, 1.82) is 0 Å². The summed E-state index contributed by atoms with van der Waals surface area (Å²) in [6.07, 6.45) is 1.30. The number of H-pyrrole nitrogens is 1. The van der Waals surface area contributed by atoms with Gasteiger partial charge in [-0.2, -0.15) is 0 Å². The van der Waals surface area contributed by atoms with Gasteiger partial charge in [0.1, 0.15) is 5.69 Å². The molecular formula is C13H9FN2O2. The molecule has 0 aliphatic carbocycles. The van der Waals surface area contributed by atoms with Crippen molar-refractivity contribution in [3.05, 3.63) is 52.3 Å². The van der Waals surface area contributed by atoms with E-state index in [0.717, 1.165) is 0 Å². The van der Waals surface area contributed by atoms with E-state index in [2.05, 4.69) is 9.97 Å². The molecule has 0 fully saturated rings. The fourth-order valence-corrected chi connectivity index (χ4v) is 1.86. The van der Waals surface area contributed by atoms with Gasteiger partial charge in [0.15, 0.2) is 17.2 Å². The number of fused-ring (bicyclic) bond motifs is 1. The van der Waals surface area contributed by atoms with Gasteiger partial charge in [0.2, 0.25) is 0 Å². The first-order valence-electron chi connectivity index (χ1n) is 5.39. The average molecular weight is 244 g/mol. The maximum Gasteiger partial charge on any atom is 0.254 e. The van der Waals surface area contributed by atoms with Crippen LogP contribution < -0.4 is 5.56 Å². The molecule has 2 heterocycles. The summed E-state index contributed by atoms with van der Waals surface area (Å²) in [5.41, 5.74) is 0.807. The summed E-state index contributed by atoms with van der Waals surface area (Å²) in [5.74, 6) is -0.0417. The molecule has 2 aromatic heterocycles. The summed E-state index contributed by atoms with van der Waals surface area (Å²) in [5, 5.41) is 0.645. The van der Waals surface area contributed by atoms with Gasteiger partial charge in [0.25, 0.3) is 5.56 Å². The molecule has 1 N–H and O–H groups in total. The van der Waals surface area contributed by atoms with Crippen LogP contribution >= 0.6 is 0 Å². The van der Waals surface area contributed by atoms with Crippen molar-refractivity contribution in [3.8, 4) is 11.5 Å². The van der Waals surface area contributed by atoms with E-state index in [1.165, 1.54) is 12.4 Å².